The van der Waals surface area contributed by atoms with Crippen molar-refractivity contribution >= 4 is 10.0 Å². The molecular formula is C13H22N2O3S. The van der Waals surface area contributed by atoms with Gasteiger partial charge in [0.1, 0.15) is 0 Å². The van der Waals surface area contributed by atoms with Crippen molar-refractivity contribution in [2.45, 2.75) is 43.7 Å². The highest BCUT2D eigenvalue weighted by molar-refractivity contribution is 7.89. The third-order valence-corrected chi connectivity index (χ3v) is 4.00. The van der Waals surface area contributed by atoms with E-state index in [2.05, 4.69) is 5.32 Å². The highest BCUT2D eigenvalue weighted by Gasteiger charge is 2.11. The van der Waals surface area contributed by atoms with Gasteiger partial charge in [-0.25, -0.2) is 13.6 Å². The molecule has 0 radical (unpaired) electrons. The summed E-state index contributed by atoms with van der Waals surface area (Å²) in [4.78, 5) is 0.118. The minimum Gasteiger partial charge on any atom is -0.393 e. The van der Waals surface area contributed by atoms with E-state index in [1.807, 2.05) is 19.9 Å². The summed E-state index contributed by atoms with van der Waals surface area (Å²) >= 11 is 0. The molecule has 1 rings (SSSR count). The average Bonchev–Trinajstić information content (AvgIpc) is 2.37. The predicted octanol–water partition coefficient (Wildman–Crippen LogP) is 1.15. The normalized spacial score (nSPS) is 15.2. The molecule has 5 nitrogen and oxygen atoms in total. The minimum atomic E-state index is -3.66. The number of hydrogen-bond donors (Lipinski definition) is 3. The molecule has 0 aliphatic rings. The van der Waals surface area contributed by atoms with Gasteiger partial charge >= 0.3 is 0 Å². The highest BCUT2D eigenvalue weighted by Crippen LogP contribution is 2.16. The van der Waals surface area contributed by atoms with E-state index in [4.69, 9.17) is 5.14 Å². The molecule has 0 heterocycles. The molecule has 1 aromatic rings. The van der Waals surface area contributed by atoms with E-state index in [1.165, 1.54) is 6.07 Å². The molecule has 0 fully saturated rings. The van der Waals surface area contributed by atoms with Crippen molar-refractivity contribution in [2.24, 2.45) is 5.14 Å². The number of hydrogen-bond acceptors (Lipinski definition) is 4. The molecule has 19 heavy (non-hydrogen) atoms. The Labute approximate surface area is 114 Å². The molecule has 0 saturated carbocycles. The lowest BCUT2D eigenvalue weighted by Gasteiger charge is -2.16. The number of benzene rings is 1. The third kappa shape index (κ3) is 5.28. The third-order valence-electron chi connectivity index (χ3n) is 3.09. The molecular weight excluding hydrogens is 264 g/mol. The molecule has 0 amide bonds. The Hall–Kier alpha value is -0.950. The second-order valence-corrected chi connectivity index (χ2v) is 6.21. The van der Waals surface area contributed by atoms with Crippen LogP contribution < -0.4 is 10.5 Å². The van der Waals surface area contributed by atoms with Crippen molar-refractivity contribution in [1.29, 1.82) is 0 Å². The number of nitrogens with one attached hydrogen (secondary N) is 1. The van der Waals surface area contributed by atoms with E-state index in [9.17, 15) is 13.5 Å². The first-order chi connectivity index (χ1) is 8.84. The standard InChI is InChI=1S/C13H22N2O3S/c1-3-12(16)7-8-15-10(2)11-5-4-6-13(9-11)19(14,17)18/h4-6,9-10,12,15-16H,3,7-8H2,1-2H3,(H2,14,17,18). The Morgan fingerprint density at radius 3 is 2.68 bits per heavy atom. The van der Waals surface area contributed by atoms with E-state index >= 15 is 0 Å². The van der Waals surface area contributed by atoms with Crippen molar-refractivity contribution < 1.29 is 13.5 Å². The summed E-state index contributed by atoms with van der Waals surface area (Å²) in [6, 6.07) is 6.58. The van der Waals surface area contributed by atoms with Crippen LogP contribution in [0.5, 0.6) is 0 Å². The van der Waals surface area contributed by atoms with Gasteiger partial charge in [-0.05, 0) is 44.0 Å². The maximum absolute atomic E-state index is 11.3. The number of aliphatic hydroxyl groups is 1. The molecule has 108 valence electrons. The second kappa shape index (κ2) is 7.00. The Morgan fingerprint density at radius 1 is 1.42 bits per heavy atom. The Morgan fingerprint density at radius 2 is 2.11 bits per heavy atom. The zero-order chi connectivity index (χ0) is 14.5. The van der Waals surface area contributed by atoms with Gasteiger partial charge in [0.05, 0.1) is 11.0 Å². The van der Waals surface area contributed by atoms with Crippen molar-refractivity contribution in [2.75, 3.05) is 6.54 Å². The van der Waals surface area contributed by atoms with Crippen LogP contribution in [0.3, 0.4) is 0 Å². The van der Waals surface area contributed by atoms with Gasteiger partial charge in [0.2, 0.25) is 10.0 Å². The molecule has 1 aromatic carbocycles. The Kier molecular flexibility index (Phi) is 5.93. The quantitative estimate of drug-likeness (QED) is 0.701. The molecule has 0 aliphatic heterocycles. The fraction of sp³-hybridized carbons (Fsp3) is 0.538. The van der Waals surface area contributed by atoms with E-state index in [0.29, 0.717) is 13.0 Å². The maximum Gasteiger partial charge on any atom is 0.238 e. The van der Waals surface area contributed by atoms with Gasteiger partial charge in [0, 0.05) is 6.04 Å². The summed E-state index contributed by atoms with van der Waals surface area (Å²) in [5.74, 6) is 0. The number of nitrogens with two attached hydrogens (primary N) is 1. The summed E-state index contributed by atoms with van der Waals surface area (Å²) in [6.45, 7) is 4.56. The zero-order valence-electron chi connectivity index (χ0n) is 11.3. The number of aliphatic hydroxyl groups excluding tert-OH is 1. The minimum absolute atomic E-state index is 0.00533. The van der Waals surface area contributed by atoms with Crippen LogP contribution in [0.15, 0.2) is 29.2 Å². The number of primary sulfonamides is 1. The average molecular weight is 286 g/mol. The van der Waals surface area contributed by atoms with Gasteiger partial charge in [0.25, 0.3) is 0 Å². The molecule has 0 aliphatic carbocycles. The van der Waals surface area contributed by atoms with Gasteiger partial charge in [-0.2, -0.15) is 0 Å². The van der Waals surface area contributed by atoms with Gasteiger partial charge in [-0.3, -0.25) is 0 Å². The first kappa shape index (κ1) is 16.1. The van der Waals surface area contributed by atoms with Crippen molar-refractivity contribution in [1.82, 2.24) is 5.32 Å². The van der Waals surface area contributed by atoms with Crippen LogP contribution in [0.2, 0.25) is 0 Å². The smallest absolute Gasteiger partial charge is 0.238 e. The lowest BCUT2D eigenvalue weighted by molar-refractivity contribution is 0.159. The van der Waals surface area contributed by atoms with E-state index < -0.39 is 10.0 Å². The summed E-state index contributed by atoms with van der Waals surface area (Å²) in [6.07, 6.45) is 1.11. The van der Waals surface area contributed by atoms with Gasteiger partial charge < -0.3 is 10.4 Å². The Bertz CT molecular complexity index is 502. The maximum atomic E-state index is 11.3. The van der Waals surface area contributed by atoms with Crippen LogP contribution in [-0.4, -0.2) is 26.2 Å². The summed E-state index contributed by atoms with van der Waals surface area (Å²) in [5.41, 5.74) is 0.859. The van der Waals surface area contributed by atoms with Crippen LogP contribution in [0, 0.1) is 0 Å². The molecule has 0 bridgehead atoms. The van der Waals surface area contributed by atoms with Crippen LogP contribution >= 0.6 is 0 Å². The van der Waals surface area contributed by atoms with Crippen molar-refractivity contribution in [3.8, 4) is 0 Å². The molecule has 0 spiro atoms. The fourth-order valence-electron chi connectivity index (χ4n) is 1.75. The van der Waals surface area contributed by atoms with Gasteiger partial charge in [0.15, 0.2) is 0 Å². The highest BCUT2D eigenvalue weighted by atomic mass is 32.2. The molecule has 6 heteroatoms. The lowest BCUT2D eigenvalue weighted by Crippen LogP contribution is -2.23. The summed E-state index contributed by atoms with van der Waals surface area (Å²) < 4.78 is 22.5. The SMILES string of the molecule is CCC(O)CCNC(C)c1cccc(S(N)(=O)=O)c1. The summed E-state index contributed by atoms with van der Waals surface area (Å²) in [5, 5.41) is 17.8. The largest absolute Gasteiger partial charge is 0.393 e. The lowest BCUT2D eigenvalue weighted by atomic mass is 10.1. The summed E-state index contributed by atoms with van der Waals surface area (Å²) in [7, 11) is -3.66. The van der Waals surface area contributed by atoms with Crippen LogP contribution in [0.1, 0.15) is 38.3 Å². The fourth-order valence-corrected chi connectivity index (χ4v) is 2.32. The van der Waals surface area contributed by atoms with Gasteiger partial charge in [-0.15, -0.1) is 0 Å². The predicted molar refractivity (Wildman–Crippen MR) is 75.1 cm³/mol. The molecule has 4 N–H and O–H groups in total. The van der Waals surface area contributed by atoms with Crippen molar-refractivity contribution in [3.05, 3.63) is 29.8 Å². The molecule has 0 saturated heterocycles. The van der Waals surface area contributed by atoms with Crippen LogP contribution in [0.4, 0.5) is 0 Å². The van der Waals surface area contributed by atoms with Crippen LogP contribution in [0.25, 0.3) is 0 Å². The zero-order valence-corrected chi connectivity index (χ0v) is 12.2. The molecule has 0 aromatic heterocycles. The number of rotatable bonds is 7. The molecule has 2 atom stereocenters. The van der Waals surface area contributed by atoms with Gasteiger partial charge in [-0.1, -0.05) is 19.1 Å². The Balaban J connectivity index is 2.65. The number of sulfonamides is 1. The first-order valence-electron chi connectivity index (χ1n) is 6.38. The van der Waals surface area contributed by atoms with Crippen LogP contribution in [-0.2, 0) is 10.0 Å². The van der Waals surface area contributed by atoms with Crippen molar-refractivity contribution in [3.63, 3.8) is 0 Å². The monoisotopic (exact) mass is 286 g/mol. The topological polar surface area (TPSA) is 92.4 Å². The van der Waals surface area contributed by atoms with E-state index in [-0.39, 0.29) is 17.0 Å². The second-order valence-electron chi connectivity index (χ2n) is 4.64. The first-order valence-corrected chi connectivity index (χ1v) is 7.93. The van der Waals surface area contributed by atoms with E-state index in [1.54, 1.807) is 12.1 Å². The van der Waals surface area contributed by atoms with E-state index in [0.717, 1.165) is 12.0 Å². The molecule has 2 unspecified atom stereocenters.